The molecule has 0 amide bonds. The van der Waals surface area contributed by atoms with Gasteiger partial charge in [-0.3, -0.25) is 0 Å². The van der Waals surface area contributed by atoms with E-state index in [2.05, 4.69) is 50.5 Å². The van der Waals surface area contributed by atoms with E-state index in [1.807, 2.05) is 47.0 Å². The first-order valence-corrected chi connectivity index (χ1v) is 16.9. The number of rotatable bonds is 12. The Morgan fingerprint density at radius 2 is 1.24 bits per heavy atom. The van der Waals surface area contributed by atoms with E-state index in [0.29, 0.717) is 32.9 Å². The minimum atomic E-state index is -0.361. The van der Waals surface area contributed by atoms with Crippen LogP contribution in [-0.4, -0.2) is 56.3 Å². The van der Waals surface area contributed by atoms with Gasteiger partial charge in [-0.1, -0.05) is 26.0 Å². The molecule has 10 heteroatoms. The monoisotopic (exact) mass is 576 g/mol. The normalized spacial score (nSPS) is 27.1. The van der Waals surface area contributed by atoms with E-state index in [4.69, 9.17) is 9.47 Å². The first kappa shape index (κ1) is 28.6. The summed E-state index contributed by atoms with van der Waals surface area (Å²) >= 11 is 11.8. The standard InChI is InChI=1S/C24H32O4S6/c1-5-21(25)27-11-19-15(3)31-23(33-19)13-29-17-9-7-8-10-18(17)30-14-24-32-16(4)20(34-24)12-28-22(26)6-2/h5-6,17-18,23-24H,1-2,7-14H2,3-4H3. The molecule has 0 saturated heterocycles. The lowest BCUT2D eigenvalue weighted by Gasteiger charge is -2.32. The summed E-state index contributed by atoms with van der Waals surface area (Å²) < 4.78 is 11.5. The second-order valence-corrected chi connectivity index (χ2v) is 16.5. The molecule has 188 valence electrons. The Morgan fingerprint density at radius 1 is 0.824 bits per heavy atom. The molecule has 4 atom stereocenters. The van der Waals surface area contributed by atoms with Crippen molar-refractivity contribution in [3.63, 3.8) is 0 Å². The molecular weight excluding hydrogens is 545 g/mol. The minimum Gasteiger partial charge on any atom is -0.457 e. The van der Waals surface area contributed by atoms with Crippen molar-refractivity contribution >= 4 is 82.5 Å². The highest BCUT2D eigenvalue weighted by molar-refractivity contribution is 8.25. The molecule has 0 radical (unpaired) electrons. The van der Waals surface area contributed by atoms with E-state index in [0.717, 1.165) is 11.5 Å². The van der Waals surface area contributed by atoms with Crippen molar-refractivity contribution in [3.05, 3.63) is 44.9 Å². The predicted molar refractivity (Wildman–Crippen MR) is 157 cm³/mol. The van der Waals surface area contributed by atoms with Gasteiger partial charge >= 0.3 is 11.9 Å². The third-order valence-electron chi connectivity index (χ3n) is 5.51. The number of carbonyl (C=O) groups excluding carboxylic acids is 2. The first-order chi connectivity index (χ1) is 16.4. The van der Waals surface area contributed by atoms with Gasteiger partial charge in [0.25, 0.3) is 0 Å². The molecular formula is C24H32O4S6. The van der Waals surface area contributed by atoms with E-state index < -0.39 is 0 Å². The van der Waals surface area contributed by atoms with Crippen LogP contribution in [0.2, 0.25) is 0 Å². The maximum atomic E-state index is 11.4. The summed E-state index contributed by atoms with van der Waals surface area (Å²) in [6.07, 6.45) is 7.68. The van der Waals surface area contributed by atoms with Gasteiger partial charge in [-0.2, -0.15) is 23.5 Å². The SMILES string of the molecule is C=CC(=O)OCC1=C(C)SC(CSC2CCCCC2SCC2SC(C)=C(COC(=O)C=C)S2)S1. The van der Waals surface area contributed by atoms with Crippen molar-refractivity contribution in [3.8, 4) is 0 Å². The van der Waals surface area contributed by atoms with Gasteiger partial charge in [0.05, 0.1) is 9.16 Å². The van der Waals surface area contributed by atoms with Crippen LogP contribution in [0.1, 0.15) is 39.5 Å². The molecule has 3 aliphatic rings. The zero-order chi connectivity index (χ0) is 24.5. The molecule has 1 fully saturated rings. The topological polar surface area (TPSA) is 52.6 Å². The van der Waals surface area contributed by atoms with E-state index >= 15 is 0 Å². The predicted octanol–water partition coefficient (Wildman–Crippen LogP) is 7.30. The average molecular weight is 577 g/mol. The van der Waals surface area contributed by atoms with Crippen molar-refractivity contribution in [2.75, 3.05) is 24.7 Å². The third kappa shape index (κ3) is 8.83. The van der Waals surface area contributed by atoms with Gasteiger partial charge in [-0.05, 0) is 36.5 Å². The summed E-state index contributed by atoms with van der Waals surface area (Å²) in [6.45, 7) is 11.9. The van der Waals surface area contributed by atoms with Gasteiger partial charge in [0.1, 0.15) is 13.2 Å². The highest BCUT2D eigenvalue weighted by Gasteiger charge is 2.31. The van der Waals surface area contributed by atoms with E-state index in [9.17, 15) is 9.59 Å². The molecule has 34 heavy (non-hydrogen) atoms. The second-order valence-electron chi connectivity index (χ2n) is 7.94. The average Bonchev–Trinajstić information content (AvgIpc) is 3.39. The van der Waals surface area contributed by atoms with Crippen LogP contribution in [0.5, 0.6) is 0 Å². The van der Waals surface area contributed by atoms with Crippen molar-refractivity contribution < 1.29 is 19.1 Å². The molecule has 4 unspecified atom stereocenters. The van der Waals surface area contributed by atoms with Crippen molar-refractivity contribution in [2.45, 2.75) is 59.2 Å². The fourth-order valence-corrected chi connectivity index (χ4v) is 13.3. The van der Waals surface area contributed by atoms with Crippen molar-refractivity contribution in [1.29, 1.82) is 0 Å². The lowest BCUT2D eigenvalue weighted by atomic mass is 10.00. The highest BCUT2D eigenvalue weighted by Crippen LogP contribution is 2.50. The molecule has 0 bridgehead atoms. The summed E-state index contributed by atoms with van der Waals surface area (Å²) in [5.41, 5.74) is 0. The maximum absolute atomic E-state index is 11.4. The fraction of sp³-hybridized carbons (Fsp3) is 0.583. The number of carbonyl (C=O) groups is 2. The van der Waals surface area contributed by atoms with Gasteiger partial charge in [-0.25, -0.2) is 9.59 Å². The first-order valence-electron chi connectivity index (χ1n) is 11.3. The summed E-state index contributed by atoms with van der Waals surface area (Å²) in [5.74, 6) is 1.50. The van der Waals surface area contributed by atoms with Crippen LogP contribution in [0.25, 0.3) is 0 Å². The molecule has 4 nitrogen and oxygen atoms in total. The van der Waals surface area contributed by atoms with Crippen LogP contribution < -0.4 is 0 Å². The zero-order valence-corrected chi connectivity index (χ0v) is 24.5. The molecule has 2 heterocycles. The lowest BCUT2D eigenvalue weighted by molar-refractivity contribution is -0.137. The Balaban J connectivity index is 1.40. The quantitative estimate of drug-likeness (QED) is 0.175. The van der Waals surface area contributed by atoms with Gasteiger partial charge in [0.15, 0.2) is 0 Å². The van der Waals surface area contributed by atoms with Gasteiger partial charge < -0.3 is 9.47 Å². The largest absolute Gasteiger partial charge is 0.457 e. The van der Waals surface area contributed by atoms with E-state index in [-0.39, 0.29) is 11.9 Å². The van der Waals surface area contributed by atoms with Crippen LogP contribution >= 0.6 is 70.6 Å². The number of ether oxygens (including phenoxy) is 2. The Morgan fingerprint density at radius 3 is 1.62 bits per heavy atom. The summed E-state index contributed by atoms with van der Waals surface area (Å²) in [7, 11) is 0. The summed E-state index contributed by atoms with van der Waals surface area (Å²) in [6, 6.07) is 0. The number of thioether (sulfide) groups is 6. The molecule has 1 aliphatic carbocycles. The molecule has 3 rings (SSSR count). The maximum Gasteiger partial charge on any atom is 0.330 e. The van der Waals surface area contributed by atoms with Crippen molar-refractivity contribution in [1.82, 2.24) is 0 Å². The lowest BCUT2D eigenvalue weighted by Crippen LogP contribution is -2.26. The summed E-state index contributed by atoms with van der Waals surface area (Å²) in [5, 5.41) is 1.39. The summed E-state index contributed by atoms with van der Waals surface area (Å²) in [4.78, 5) is 27.6. The van der Waals surface area contributed by atoms with Crippen molar-refractivity contribution in [2.24, 2.45) is 0 Å². The van der Waals surface area contributed by atoms with Gasteiger partial charge in [0.2, 0.25) is 0 Å². The molecule has 0 aromatic rings. The molecule has 0 N–H and O–H groups in total. The van der Waals surface area contributed by atoms with Crippen LogP contribution in [0.3, 0.4) is 0 Å². The van der Waals surface area contributed by atoms with Gasteiger partial charge in [-0.15, -0.1) is 47.0 Å². The Hall–Kier alpha value is -0.000000000000000222. The van der Waals surface area contributed by atoms with Gasteiger partial charge in [0, 0.05) is 44.0 Å². The number of hydrogen-bond donors (Lipinski definition) is 0. The molecule has 2 aliphatic heterocycles. The molecule has 1 saturated carbocycles. The van der Waals surface area contributed by atoms with Crippen LogP contribution in [0.4, 0.5) is 0 Å². The van der Waals surface area contributed by atoms with Crippen LogP contribution in [0, 0.1) is 0 Å². The number of hydrogen-bond acceptors (Lipinski definition) is 10. The van der Waals surface area contributed by atoms with E-state index in [1.165, 1.54) is 57.5 Å². The molecule has 0 aromatic heterocycles. The van der Waals surface area contributed by atoms with Crippen LogP contribution in [0.15, 0.2) is 44.9 Å². The number of esters is 2. The van der Waals surface area contributed by atoms with Crippen LogP contribution in [-0.2, 0) is 19.1 Å². The highest BCUT2D eigenvalue weighted by atomic mass is 32.2. The Labute approximate surface area is 229 Å². The van der Waals surface area contributed by atoms with E-state index in [1.54, 1.807) is 0 Å². The Bertz CT molecular complexity index is 771. The molecule has 0 aromatic carbocycles. The molecule has 0 spiro atoms. The fourth-order valence-electron chi connectivity index (χ4n) is 3.70. The zero-order valence-electron chi connectivity index (χ0n) is 19.6. The second kappa shape index (κ2) is 14.7. The third-order valence-corrected chi connectivity index (χ3v) is 15.3. The Kier molecular flexibility index (Phi) is 12.3. The minimum absolute atomic E-state index is 0.358. The number of allylic oxidation sites excluding steroid dienone is 2. The smallest absolute Gasteiger partial charge is 0.330 e.